The number of pyridine rings is 1. The molecule has 4 heterocycles. The van der Waals surface area contributed by atoms with E-state index in [4.69, 9.17) is 22.4 Å². The number of rotatable bonds is 4. The van der Waals surface area contributed by atoms with Gasteiger partial charge >= 0.3 is 6.18 Å². The maximum Gasteiger partial charge on any atom is 0.419 e. The van der Waals surface area contributed by atoms with Crippen LogP contribution in [0.2, 0.25) is 0 Å². The minimum absolute atomic E-state index is 0.00475. The number of alkyl halides is 3. The molecule has 0 bridgehead atoms. The summed E-state index contributed by atoms with van der Waals surface area (Å²) >= 11 is 7.06. The van der Waals surface area contributed by atoms with Crippen molar-refractivity contribution in [2.75, 3.05) is 23.3 Å². The van der Waals surface area contributed by atoms with E-state index in [-0.39, 0.29) is 17.2 Å². The first-order valence-electron chi connectivity index (χ1n) is 8.77. The first-order chi connectivity index (χ1) is 14.1. The van der Waals surface area contributed by atoms with Crippen LogP contribution in [-0.2, 0) is 6.18 Å². The molecule has 3 N–H and O–H groups in total. The highest BCUT2D eigenvalue weighted by Crippen LogP contribution is 2.45. The van der Waals surface area contributed by atoms with Gasteiger partial charge in [-0.2, -0.15) is 13.2 Å². The summed E-state index contributed by atoms with van der Waals surface area (Å²) < 4.78 is 37.9. The third-order valence-electron chi connectivity index (χ3n) is 4.78. The first-order valence-corrected chi connectivity index (χ1v) is 9.96. The number of hydrogen-bond acceptors (Lipinski definition) is 8. The van der Waals surface area contributed by atoms with Gasteiger partial charge in [-0.3, -0.25) is 10.8 Å². The number of thioether (sulfide) groups is 1. The molecule has 0 aromatic carbocycles. The van der Waals surface area contributed by atoms with E-state index in [9.17, 15) is 13.2 Å². The van der Waals surface area contributed by atoms with Crippen LogP contribution in [0, 0.1) is 10.8 Å². The lowest BCUT2D eigenvalue weighted by atomic mass is 10.0. The Labute approximate surface area is 178 Å². The van der Waals surface area contributed by atoms with Crippen molar-refractivity contribution in [2.24, 2.45) is 0 Å². The van der Waals surface area contributed by atoms with Crippen molar-refractivity contribution in [3.63, 3.8) is 0 Å². The van der Waals surface area contributed by atoms with Crippen LogP contribution >= 0.6 is 23.4 Å². The normalized spacial score (nSPS) is 18.2. The van der Waals surface area contributed by atoms with Crippen molar-refractivity contribution >= 4 is 50.9 Å². The third-order valence-corrected chi connectivity index (χ3v) is 6.09. The summed E-state index contributed by atoms with van der Waals surface area (Å²) in [6.07, 6.45) is -1.28. The van der Waals surface area contributed by atoms with Crippen LogP contribution in [0.15, 0.2) is 35.1 Å². The smallest absolute Gasteiger partial charge is 0.363 e. The molecule has 156 valence electrons. The molecule has 0 radical (unpaired) electrons. The summed E-state index contributed by atoms with van der Waals surface area (Å²) in [6.45, 7) is 2.72. The maximum absolute atomic E-state index is 12.6. The number of fused-ring (bicyclic) bond motifs is 1. The fourth-order valence-electron chi connectivity index (χ4n) is 3.17. The molecule has 0 spiro atoms. The van der Waals surface area contributed by atoms with Gasteiger partial charge in [0.2, 0.25) is 5.95 Å². The van der Waals surface area contributed by atoms with Crippen molar-refractivity contribution in [1.82, 2.24) is 15.0 Å². The number of anilines is 2. The van der Waals surface area contributed by atoms with E-state index in [0.717, 1.165) is 22.9 Å². The van der Waals surface area contributed by atoms with E-state index in [0.29, 0.717) is 35.1 Å². The molecule has 4 rings (SSSR count). The molecule has 2 aliphatic heterocycles. The first kappa shape index (κ1) is 20.6. The van der Waals surface area contributed by atoms with Crippen LogP contribution in [0.5, 0.6) is 0 Å². The van der Waals surface area contributed by atoms with E-state index in [1.54, 1.807) is 24.1 Å². The number of hydrogen-bond donors (Lipinski definition) is 3. The van der Waals surface area contributed by atoms with Crippen LogP contribution in [0.25, 0.3) is 5.57 Å². The van der Waals surface area contributed by atoms with Crippen molar-refractivity contribution < 1.29 is 13.2 Å². The zero-order valence-corrected chi connectivity index (χ0v) is 17.1. The lowest BCUT2D eigenvalue weighted by Crippen LogP contribution is -2.55. The van der Waals surface area contributed by atoms with Crippen molar-refractivity contribution in [1.29, 1.82) is 10.8 Å². The molecule has 2 aliphatic rings. The third kappa shape index (κ3) is 3.74. The van der Waals surface area contributed by atoms with Gasteiger partial charge in [0, 0.05) is 42.8 Å². The molecular formula is C18H15ClF3N7S. The Morgan fingerprint density at radius 1 is 1.27 bits per heavy atom. The van der Waals surface area contributed by atoms with Crippen LogP contribution in [0.1, 0.15) is 18.1 Å². The number of allylic oxidation sites excluding steroid dienone is 1. The summed E-state index contributed by atoms with van der Waals surface area (Å²) in [5.74, 6) is 0.856. The summed E-state index contributed by atoms with van der Waals surface area (Å²) in [5.41, 5.74) is 1.06. The quantitative estimate of drug-likeness (QED) is 0.598. The molecule has 30 heavy (non-hydrogen) atoms. The number of nitrogens with one attached hydrogen (secondary N) is 3. The number of aromatic nitrogens is 3. The summed E-state index contributed by atoms with van der Waals surface area (Å²) in [7, 11) is 0. The highest BCUT2D eigenvalue weighted by atomic mass is 35.5. The van der Waals surface area contributed by atoms with Gasteiger partial charge in [0.05, 0.1) is 16.5 Å². The van der Waals surface area contributed by atoms with Gasteiger partial charge in [-0.15, -0.1) is 0 Å². The standard InChI is InChI=1S/C18H15ClF3N7S/c1-8(14(19)23)12-11-2-3-25-16(13(11)30-15(12)24)28-10-6-29(7-10)17-26-4-9(5-27-17)18(20,21)22/h2-5,10,23-24H,6-7H2,1H3,(H,25,28)/b12-8-,23-14?,24-15?. The Kier molecular flexibility index (Phi) is 5.18. The van der Waals surface area contributed by atoms with E-state index in [2.05, 4.69) is 20.3 Å². The lowest BCUT2D eigenvalue weighted by molar-refractivity contribution is -0.138. The van der Waals surface area contributed by atoms with E-state index < -0.39 is 11.7 Å². The number of halogens is 4. The summed E-state index contributed by atoms with van der Waals surface area (Å²) in [5, 5.41) is 19.4. The van der Waals surface area contributed by atoms with Crippen LogP contribution in [0.4, 0.5) is 24.9 Å². The van der Waals surface area contributed by atoms with Crippen LogP contribution in [0.3, 0.4) is 0 Å². The minimum Gasteiger partial charge on any atom is -0.363 e. The topological polar surface area (TPSA) is 102 Å². The van der Waals surface area contributed by atoms with Crippen LogP contribution in [-0.4, -0.2) is 44.3 Å². The average Bonchev–Trinajstić information content (AvgIpc) is 2.99. The summed E-state index contributed by atoms with van der Waals surface area (Å²) in [4.78, 5) is 14.5. The van der Waals surface area contributed by atoms with E-state index >= 15 is 0 Å². The Morgan fingerprint density at radius 3 is 2.53 bits per heavy atom. The van der Waals surface area contributed by atoms with Crippen LogP contribution < -0.4 is 10.2 Å². The Hall–Kier alpha value is -2.66. The zero-order chi connectivity index (χ0) is 21.6. The van der Waals surface area contributed by atoms with Gasteiger partial charge < -0.3 is 10.2 Å². The molecular weight excluding hydrogens is 439 g/mol. The zero-order valence-electron chi connectivity index (χ0n) is 15.5. The van der Waals surface area contributed by atoms with E-state index in [1.165, 1.54) is 11.8 Å². The predicted octanol–water partition coefficient (Wildman–Crippen LogP) is 4.26. The molecule has 0 unspecified atom stereocenters. The molecule has 2 aromatic heterocycles. The highest BCUT2D eigenvalue weighted by Gasteiger charge is 2.34. The molecule has 2 aromatic rings. The van der Waals surface area contributed by atoms with Gasteiger partial charge in [0.15, 0.2) is 0 Å². The van der Waals surface area contributed by atoms with Crippen molar-refractivity contribution in [3.05, 3.63) is 41.4 Å². The molecule has 7 nitrogen and oxygen atoms in total. The molecule has 0 aliphatic carbocycles. The molecule has 1 fully saturated rings. The second kappa shape index (κ2) is 7.55. The fourth-order valence-corrected chi connectivity index (χ4v) is 4.32. The summed E-state index contributed by atoms with van der Waals surface area (Å²) in [6, 6.07) is 1.79. The number of nitrogens with zero attached hydrogens (tertiary/aromatic N) is 4. The fraction of sp³-hybridized carbons (Fsp3) is 0.278. The minimum atomic E-state index is -4.46. The molecule has 12 heteroatoms. The van der Waals surface area contributed by atoms with Gasteiger partial charge in [-0.05, 0) is 18.6 Å². The Balaban J connectivity index is 1.46. The largest absolute Gasteiger partial charge is 0.419 e. The maximum atomic E-state index is 12.6. The van der Waals surface area contributed by atoms with Crippen molar-refractivity contribution in [2.45, 2.75) is 24.0 Å². The van der Waals surface area contributed by atoms with Gasteiger partial charge in [-0.1, -0.05) is 23.4 Å². The molecule has 0 saturated carbocycles. The van der Waals surface area contributed by atoms with Gasteiger partial charge in [0.25, 0.3) is 0 Å². The average molecular weight is 454 g/mol. The monoisotopic (exact) mass is 453 g/mol. The van der Waals surface area contributed by atoms with Gasteiger partial charge in [-0.25, -0.2) is 15.0 Å². The Bertz CT molecular complexity index is 1060. The Morgan fingerprint density at radius 2 is 1.93 bits per heavy atom. The lowest BCUT2D eigenvalue weighted by Gasteiger charge is -2.39. The highest BCUT2D eigenvalue weighted by molar-refractivity contribution is 8.15. The molecule has 0 amide bonds. The second-order valence-corrected chi connectivity index (χ2v) is 8.20. The molecule has 1 saturated heterocycles. The van der Waals surface area contributed by atoms with E-state index in [1.807, 2.05) is 0 Å². The predicted molar refractivity (Wildman–Crippen MR) is 111 cm³/mol. The van der Waals surface area contributed by atoms with Crippen molar-refractivity contribution in [3.8, 4) is 0 Å². The second-order valence-electron chi connectivity index (χ2n) is 6.80. The van der Waals surface area contributed by atoms with Gasteiger partial charge in [0.1, 0.15) is 16.0 Å². The molecule has 0 atom stereocenters. The SMILES string of the molecule is C/C(C(=N)Cl)=C1/C(=N)Sc2c1ccnc2NC1CN(c2ncc(C(F)(F)F)cn2)C1.